The van der Waals surface area contributed by atoms with Crippen LogP contribution in [0.15, 0.2) is 59.1 Å². The molecule has 0 bridgehead atoms. The number of carbonyl (C=O) groups is 2. The third-order valence-electron chi connectivity index (χ3n) is 7.88. The van der Waals surface area contributed by atoms with Crippen LogP contribution in [-0.4, -0.2) is 55.3 Å². The van der Waals surface area contributed by atoms with Crippen molar-refractivity contribution in [3.8, 4) is 17.2 Å². The van der Waals surface area contributed by atoms with Crippen molar-refractivity contribution in [3.63, 3.8) is 0 Å². The average Bonchev–Trinajstić information content (AvgIpc) is 3.89. The molecule has 0 aromatic heterocycles. The Morgan fingerprint density at radius 2 is 1.70 bits per heavy atom. The van der Waals surface area contributed by atoms with Gasteiger partial charge in [-0.2, -0.15) is 0 Å². The highest BCUT2D eigenvalue weighted by Gasteiger charge is 2.36. The lowest BCUT2D eigenvalue weighted by atomic mass is 9.97. The van der Waals surface area contributed by atoms with Gasteiger partial charge in [-0.1, -0.05) is 54.4 Å². The van der Waals surface area contributed by atoms with Crippen LogP contribution in [0.4, 0.5) is 0 Å². The standard InChI is InChI=1S/C36H43BrCl2N2O6/c1-4-28(20-33(42)44-5-2)47-32-8-6-7-25(34(32)37)22-41(27-11-12-27)36(43)26(21-40)19-24-9-13-29(14-10-24)45-15-16-46-35-30(38)17-23(3)18-31(35)39/h6-10,13-14,17-18,26-28H,4-5,11-12,15-16,19-22,40H2,1-3H3. The first-order valence-electron chi connectivity index (χ1n) is 16.0. The number of nitrogens with zero attached hydrogens (tertiary/aromatic N) is 1. The smallest absolute Gasteiger partial charge is 0.309 e. The van der Waals surface area contributed by atoms with Crippen LogP contribution in [0.25, 0.3) is 0 Å². The number of ether oxygens (including phenoxy) is 4. The van der Waals surface area contributed by atoms with Crippen molar-refractivity contribution in [2.24, 2.45) is 11.7 Å². The normalized spacial score (nSPS) is 13.9. The summed E-state index contributed by atoms with van der Waals surface area (Å²) in [5, 5.41) is 0.929. The highest BCUT2D eigenvalue weighted by Crippen LogP contribution is 2.36. The number of aryl methyl sites for hydroxylation is 1. The van der Waals surface area contributed by atoms with Gasteiger partial charge in [0.15, 0.2) is 5.75 Å². The molecule has 0 spiro atoms. The second-order valence-corrected chi connectivity index (χ2v) is 13.2. The molecule has 1 aliphatic rings. The highest BCUT2D eigenvalue weighted by atomic mass is 79.9. The van der Waals surface area contributed by atoms with E-state index in [-0.39, 0.29) is 49.5 Å². The minimum absolute atomic E-state index is 0.0351. The minimum atomic E-state index is -0.368. The van der Waals surface area contributed by atoms with Gasteiger partial charge in [-0.3, -0.25) is 9.59 Å². The molecular weight excluding hydrogens is 707 g/mol. The first-order valence-corrected chi connectivity index (χ1v) is 17.6. The maximum Gasteiger partial charge on any atom is 0.309 e. The van der Waals surface area contributed by atoms with E-state index in [0.29, 0.717) is 59.9 Å². The van der Waals surface area contributed by atoms with Gasteiger partial charge in [-0.05, 0) is 102 Å². The van der Waals surface area contributed by atoms with E-state index in [4.69, 9.17) is 47.9 Å². The zero-order valence-corrected chi connectivity index (χ0v) is 30.2. The fourth-order valence-electron chi connectivity index (χ4n) is 5.22. The molecule has 8 nitrogen and oxygen atoms in total. The largest absolute Gasteiger partial charge is 0.490 e. The van der Waals surface area contributed by atoms with Gasteiger partial charge in [0, 0.05) is 19.1 Å². The summed E-state index contributed by atoms with van der Waals surface area (Å²) < 4.78 is 23.6. The molecule has 3 aromatic carbocycles. The van der Waals surface area contributed by atoms with Crippen LogP contribution in [0.2, 0.25) is 10.0 Å². The summed E-state index contributed by atoms with van der Waals surface area (Å²) in [6.07, 6.45) is 2.96. The van der Waals surface area contributed by atoms with Crippen molar-refractivity contribution in [1.29, 1.82) is 0 Å². The Labute approximate surface area is 295 Å². The zero-order chi connectivity index (χ0) is 33.9. The summed E-state index contributed by atoms with van der Waals surface area (Å²) in [6, 6.07) is 17.2. The maximum atomic E-state index is 13.9. The molecule has 1 saturated carbocycles. The SMILES string of the molecule is CCOC(=O)CC(CC)Oc1cccc(CN(C(=O)C(CN)Cc2ccc(OCCOc3c(Cl)cc(C)cc3Cl)cc2)C2CC2)c1Br. The Kier molecular flexibility index (Phi) is 14.1. The predicted octanol–water partition coefficient (Wildman–Crippen LogP) is 7.94. The van der Waals surface area contributed by atoms with Gasteiger partial charge in [-0.25, -0.2) is 0 Å². The van der Waals surface area contributed by atoms with Crippen molar-refractivity contribution in [3.05, 3.63) is 85.8 Å². The summed E-state index contributed by atoms with van der Waals surface area (Å²) in [6.45, 7) is 7.26. The zero-order valence-electron chi connectivity index (χ0n) is 27.1. The number of halogens is 3. The van der Waals surface area contributed by atoms with E-state index in [1.807, 2.05) is 61.2 Å². The highest BCUT2D eigenvalue weighted by molar-refractivity contribution is 9.10. The Bertz CT molecular complexity index is 1480. The molecule has 47 heavy (non-hydrogen) atoms. The van der Waals surface area contributed by atoms with Crippen LogP contribution in [0.5, 0.6) is 17.2 Å². The van der Waals surface area contributed by atoms with Gasteiger partial charge in [0.05, 0.1) is 33.5 Å². The van der Waals surface area contributed by atoms with Crippen LogP contribution in [0.3, 0.4) is 0 Å². The van der Waals surface area contributed by atoms with Gasteiger partial charge in [0.2, 0.25) is 5.91 Å². The van der Waals surface area contributed by atoms with Crippen LogP contribution in [0.1, 0.15) is 56.2 Å². The fraction of sp³-hybridized carbons (Fsp3) is 0.444. The second-order valence-electron chi connectivity index (χ2n) is 11.6. The molecule has 1 fully saturated rings. The van der Waals surface area contributed by atoms with E-state index in [2.05, 4.69) is 15.9 Å². The number of amides is 1. The molecule has 3 aromatic rings. The van der Waals surface area contributed by atoms with Gasteiger partial charge < -0.3 is 29.6 Å². The van der Waals surface area contributed by atoms with Crippen molar-refractivity contribution < 1.29 is 28.5 Å². The first kappa shape index (κ1) is 36.8. The third kappa shape index (κ3) is 10.8. The Hall–Kier alpha value is -2.98. The number of benzene rings is 3. The molecule has 1 aliphatic carbocycles. The maximum absolute atomic E-state index is 13.9. The molecule has 1 amide bonds. The van der Waals surface area contributed by atoms with Crippen LogP contribution in [-0.2, 0) is 27.3 Å². The number of esters is 1. The molecule has 4 rings (SSSR count). The molecular formula is C36H43BrCl2N2O6. The summed E-state index contributed by atoms with van der Waals surface area (Å²) in [5.41, 5.74) is 9.06. The quantitative estimate of drug-likeness (QED) is 0.104. The fourth-order valence-corrected chi connectivity index (χ4v) is 6.41. The summed E-state index contributed by atoms with van der Waals surface area (Å²) >= 11 is 16.2. The van der Waals surface area contributed by atoms with Crippen molar-refractivity contribution in [2.75, 3.05) is 26.4 Å². The molecule has 0 radical (unpaired) electrons. The number of hydrogen-bond donors (Lipinski definition) is 1. The number of rotatable bonds is 18. The Morgan fingerprint density at radius 3 is 2.32 bits per heavy atom. The lowest BCUT2D eigenvalue weighted by molar-refractivity contribution is -0.145. The van der Waals surface area contributed by atoms with E-state index in [1.54, 1.807) is 19.1 Å². The lowest BCUT2D eigenvalue weighted by Crippen LogP contribution is -2.41. The van der Waals surface area contributed by atoms with Crippen LogP contribution < -0.4 is 19.9 Å². The van der Waals surface area contributed by atoms with Gasteiger partial charge in [-0.15, -0.1) is 0 Å². The lowest BCUT2D eigenvalue weighted by Gasteiger charge is -2.28. The van der Waals surface area contributed by atoms with Gasteiger partial charge in [0.1, 0.15) is 30.8 Å². The van der Waals surface area contributed by atoms with E-state index in [1.165, 1.54) is 0 Å². The topological polar surface area (TPSA) is 100 Å². The van der Waals surface area contributed by atoms with E-state index >= 15 is 0 Å². The number of nitrogens with two attached hydrogens (primary N) is 1. The molecule has 0 saturated heterocycles. The van der Waals surface area contributed by atoms with E-state index < -0.39 is 0 Å². The summed E-state index contributed by atoms with van der Waals surface area (Å²) in [5.74, 6) is 1.15. The second kappa shape index (κ2) is 18.0. The Balaban J connectivity index is 1.34. The van der Waals surface area contributed by atoms with Crippen LogP contribution >= 0.6 is 39.1 Å². The first-order chi connectivity index (χ1) is 22.6. The Morgan fingerprint density at radius 1 is 1.02 bits per heavy atom. The molecule has 2 unspecified atom stereocenters. The average molecular weight is 751 g/mol. The molecule has 2 atom stereocenters. The molecule has 2 N–H and O–H groups in total. The van der Waals surface area contributed by atoms with Crippen molar-refractivity contribution in [2.45, 2.75) is 71.6 Å². The van der Waals surface area contributed by atoms with E-state index in [9.17, 15) is 9.59 Å². The predicted molar refractivity (Wildman–Crippen MR) is 189 cm³/mol. The molecule has 0 heterocycles. The summed E-state index contributed by atoms with van der Waals surface area (Å²) in [4.78, 5) is 27.9. The summed E-state index contributed by atoms with van der Waals surface area (Å²) in [7, 11) is 0. The molecule has 254 valence electrons. The number of carbonyl (C=O) groups excluding carboxylic acids is 2. The van der Waals surface area contributed by atoms with Gasteiger partial charge >= 0.3 is 5.97 Å². The monoisotopic (exact) mass is 748 g/mol. The third-order valence-corrected chi connectivity index (χ3v) is 9.35. The van der Waals surface area contributed by atoms with Gasteiger partial charge in [0.25, 0.3) is 0 Å². The minimum Gasteiger partial charge on any atom is -0.490 e. The number of hydrogen-bond acceptors (Lipinski definition) is 7. The van der Waals surface area contributed by atoms with Crippen molar-refractivity contribution in [1.82, 2.24) is 4.90 Å². The molecule has 0 aliphatic heterocycles. The van der Waals surface area contributed by atoms with Crippen LogP contribution in [0, 0.1) is 12.8 Å². The van der Waals surface area contributed by atoms with E-state index in [0.717, 1.165) is 34.0 Å². The molecule has 11 heteroatoms. The van der Waals surface area contributed by atoms with Crippen molar-refractivity contribution >= 4 is 51.0 Å².